The van der Waals surface area contributed by atoms with Crippen molar-refractivity contribution in [2.75, 3.05) is 11.5 Å². The van der Waals surface area contributed by atoms with Crippen molar-refractivity contribution in [3.05, 3.63) is 77.0 Å². The Kier molecular flexibility index (Phi) is 5.87. The van der Waals surface area contributed by atoms with Crippen LogP contribution in [0.1, 0.15) is 35.8 Å². The van der Waals surface area contributed by atoms with E-state index in [9.17, 15) is 19.2 Å². The molecule has 0 saturated heterocycles. The lowest BCUT2D eigenvalue weighted by Gasteiger charge is -2.35. The van der Waals surface area contributed by atoms with Gasteiger partial charge in [-0.05, 0) is 37.6 Å². The van der Waals surface area contributed by atoms with Crippen LogP contribution in [0.15, 0.2) is 65.9 Å². The van der Waals surface area contributed by atoms with Crippen LogP contribution in [0, 0.1) is 0 Å². The zero-order valence-electron chi connectivity index (χ0n) is 16.0. The largest absolute Gasteiger partial charge is 0.460 e. The molecule has 1 N–H and O–H groups in total. The normalized spacial score (nSPS) is 16.3. The number of ether oxygens (including phenoxy) is 1. The van der Waals surface area contributed by atoms with Crippen molar-refractivity contribution >= 4 is 29.8 Å². The highest BCUT2D eigenvalue weighted by Gasteiger charge is 2.39. The van der Waals surface area contributed by atoms with E-state index < -0.39 is 23.8 Å². The van der Waals surface area contributed by atoms with Gasteiger partial charge in [-0.25, -0.2) is 9.59 Å². The zero-order valence-corrected chi connectivity index (χ0v) is 16.0. The molecule has 0 aromatic heterocycles. The topological polar surface area (TPSA) is 92.8 Å². The Labute approximate surface area is 168 Å². The Balaban J connectivity index is 2.16. The molecular weight excluding hydrogens is 372 g/mol. The Bertz CT molecular complexity index is 997. The van der Waals surface area contributed by atoms with Crippen LogP contribution < -0.4 is 10.2 Å². The number of hydrogen-bond donors (Lipinski definition) is 1. The maximum absolute atomic E-state index is 12.9. The number of hydrogen-bond acceptors (Lipinski definition) is 5. The highest BCUT2D eigenvalue weighted by atomic mass is 16.5. The highest BCUT2D eigenvalue weighted by molar-refractivity contribution is 6.41. The molecule has 7 nitrogen and oxygen atoms in total. The smallest absolute Gasteiger partial charge is 0.379 e. The third kappa shape index (κ3) is 3.94. The van der Waals surface area contributed by atoms with Crippen molar-refractivity contribution in [3.63, 3.8) is 0 Å². The van der Waals surface area contributed by atoms with Gasteiger partial charge in [-0.1, -0.05) is 36.4 Å². The van der Waals surface area contributed by atoms with Gasteiger partial charge < -0.3 is 10.1 Å². The van der Waals surface area contributed by atoms with Crippen LogP contribution in [0.25, 0.3) is 0 Å². The van der Waals surface area contributed by atoms with E-state index in [1.165, 1.54) is 4.90 Å². The SMILES string of the molecule is CCOC(=O)C(=O)C1=C(C)N(c2ccccc2)C(=O)NC1c1cccc(C=O)c1. The number of Topliss-reactive ketones (excluding diaryl/α,β-unsaturated/α-hetero) is 1. The number of nitrogens with zero attached hydrogens (tertiary/aromatic N) is 1. The second kappa shape index (κ2) is 8.52. The molecule has 2 amide bonds. The summed E-state index contributed by atoms with van der Waals surface area (Å²) in [6, 6.07) is 14.0. The maximum Gasteiger partial charge on any atom is 0.379 e. The van der Waals surface area contributed by atoms with Crippen LogP contribution >= 0.6 is 0 Å². The van der Waals surface area contributed by atoms with Gasteiger partial charge in [0.1, 0.15) is 6.29 Å². The van der Waals surface area contributed by atoms with Crippen LogP contribution in [0.3, 0.4) is 0 Å². The molecule has 1 unspecified atom stereocenters. The molecular formula is C22H20N2O5. The van der Waals surface area contributed by atoms with Crippen molar-refractivity contribution in [2.45, 2.75) is 19.9 Å². The van der Waals surface area contributed by atoms with Gasteiger partial charge in [-0.3, -0.25) is 14.5 Å². The van der Waals surface area contributed by atoms with Crippen molar-refractivity contribution < 1.29 is 23.9 Å². The first-order chi connectivity index (χ1) is 14.0. The molecule has 148 valence electrons. The van der Waals surface area contributed by atoms with E-state index in [1.807, 2.05) is 6.07 Å². The van der Waals surface area contributed by atoms with Crippen LogP contribution in [0.2, 0.25) is 0 Å². The predicted octanol–water partition coefficient (Wildman–Crippen LogP) is 3.18. The lowest BCUT2D eigenvalue weighted by Crippen LogP contribution is -2.49. The summed E-state index contributed by atoms with van der Waals surface area (Å²) in [7, 11) is 0. The van der Waals surface area contributed by atoms with E-state index >= 15 is 0 Å². The molecule has 0 saturated carbocycles. The molecule has 7 heteroatoms. The number of nitrogens with one attached hydrogen (secondary N) is 1. The van der Waals surface area contributed by atoms with E-state index in [0.717, 1.165) is 0 Å². The van der Waals surface area contributed by atoms with Crippen molar-refractivity contribution in [1.82, 2.24) is 5.32 Å². The molecule has 1 aliphatic rings. The number of ketones is 1. The molecule has 1 aliphatic heterocycles. The van der Waals surface area contributed by atoms with E-state index in [1.54, 1.807) is 62.4 Å². The van der Waals surface area contributed by atoms with Crippen LogP contribution in [-0.4, -0.2) is 30.7 Å². The Morgan fingerprint density at radius 1 is 1.14 bits per heavy atom. The summed E-state index contributed by atoms with van der Waals surface area (Å²) in [5, 5.41) is 2.78. The van der Waals surface area contributed by atoms with Gasteiger partial charge in [-0.2, -0.15) is 0 Å². The first-order valence-electron chi connectivity index (χ1n) is 9.11. The molecule has 29 heavy (non-hydrogen) atoms. The van der Waals surface area contributed by atoms with Gasteiger partial charge in [0, 0.05) is 11.3 Å². The van der Waals surface area contributed by atoms with Gasteiger partial charge in [-0.15, -0.1) is 0 Å². The lowest BCUT2D eigenvalue weighted by molar-refractivity contribution is -0.152. The first-order valence-corrected chi connectivity index (χ1v) is 9.11. The van der Waals surface area contributed by atoms with Gasteiger partial charge in [0.05, 0.1) is 23.9 Å². The molecule has 2 aromatic carbocycles. The van der Waals surface area contributed by atoms with Crippen LogP contribution in [0.5, 0.6) is 0 Å². The fourth-order valence-corrected chi connectivity index (χ4v) is 3.29. The third-order valence-electron chi connectivity index (χ3n) is 4.58. The van der Waals surface area contributed by atoms with Crippen LogP contribution in [0.4, 0.5) is 10.5 Å². The summed E-state index contributed by atoms with van der Waals surface area (Å²) in [5.74, 6) is -1.84. The number of allylic oxidation sites excluding steroid dienone is 1. The van der Waals surface area contributed by atoms with E-state index in [4.69, 9.17) is 4.74 Å². The average Bonchev–Trinajstić information content (AvgIpc) is 2.74. The number of aldehydes is 1. The summed E-state index contributed by atoms with van der Waals surface area (Å²) in [6.07, 6.45) is 0.674. The Morgan fingerprint density at radius 2 is 1.86 bits per heavy atom. The standard InChI is InChI=1S/C22H20N2O5/c1-3-29-21(27)20(26)18-14(2)24(17-10-5-4-6-11-17)22(28)23-19(18)16-9-7-8-15(12-16)13-25/h4-13,19H,3H2,1-2H3,(H,23,28). The van der Waals surface area contributed by atoms with Crippen molar-refractivity contribution in [3.8, 4) is 0 Å². The zero-order chi connectivity index (χ0) is 21.0. The quantitative estimate of drug-likeness (QED) is 0.463. The average molecular weight is 392 g/mol. The fourth-order valence-electron chi connectivity index (χ4n) is 3.29. The van der Waals surface area contributed by atoms with Gasteiger partial charge in [0.25, 0.3) is 5.78 Å². The minimum absolute atomic E-state index is 0.0525. The Hall–Kier alpha value is -3.74. The molecule has 2 aromatic rings. The number of para-hydroxylation sites is 1. The number of carbonyl (C=O) groups excluding carboxylic acids is 4. The monoisotopic (exact) mass is 392 g/mol. The highest BCUT2D eigenvalue weighted by Crippen LogP contribution is 2.34. The summed E-state index contributed by atoms with van der Waals surface area (Å²) in [6.45, 7) is 3.27. The second-order valence-electron chi connectivity index (χ2n) is 6.39. The molecule has 0 fully saturated rings. The van der Waals surface area contributed by atoms with E-state index in [0.29, 0.717) is 28.8 Å². The first kappa shape index (κ1) is 20.0. The van der Waals surface area contributed by atoms with Gasteiger partial charge >= 0.3 is 12.0 Å². The number of rotatable bonds is 6. The van der Waals surface area contributed by atoms with Crippen LogP contribution in [-0.2, 0) is 14.3 Å². The molecule has 3 rings (SSSR count). The Morgan fingerprint density at radius 3 is 2.52 bits per heavy atom. The minimum atomic E-state index is -0.998. The number of benzene rings is 2. The van der Waals surface area contributed by atoms with Gasteiger partial charge in [0.2, 0.25) is 0 Å². The fraction of sp³-hybridized carbons (Fsp3) is 0.182. The van der Waals surface area contributed by atoms with Crippen molar-refractivity contribution in [1.29, 1.82) is 0 Å². The molecule has 0 spiro atoms. The van der Waals surface area contributed by atoms with Crippen molar-refractivity contribution in [2.24, 2.45) is 0 Å². The maximum atomic E-state index is 12.9. The number of anilines is 1. The number of amides is 2. The van der Waals surface area contributed by atoms with E-state index in [-0.39, 0.29) is 12.2 Å². The van der Waals surface area contributed by atoms with E-state index in [2.05, 4.69) is 5.32 Å². The van der Waals surface area contributed by atoms with Gasteiger partial charge in [0.15, 0.2) is 0 Å². The summed E-state index contributed by atoms with van der Waals surface area (Å²) < 4.78 is 4.89. The number of urea groups is 1. The number of esters is 1. The molecule has 0 bridgehead atoms. The molecule has 0 aliphatic carbocycles. The summed E-state index contributed by atoms with van der Waals surface area (Å²) >= 11 is 0. The molecule has 1 atom stereocenters. The summed E-state index contributed by atoms with van der Waals surface area (Å²) in [4.78, 5) is 50.6. The third-order valence-corrected chi connectivity index (χ3v) is 4.58. The predicted molar refractivity (Wildman–Crippen MR) is 106 cm³/mol. The molecule has 1 heterocycles. The second-order valence-corrected chi connectivity index (χ2v) is 6.39. The lowest BCUT2D eigenvalue weighted by atomic mass is 9.91. The number of carbonyl (C=O) groups is 4. The minimum Gasteiger partial charge on any atom is -0.460 e. The summed E-state index contributed by atoms with van der Waals surface area (Å²) in [5.41, 5.74) is 1.87. The molecule has 0 radical (unpaired) electrons.